The highest BCUT2D eigenvalue weighted by Crippen LogP contribution is 2.26. The van der Waals surface area contributed by atoms with Gasteiger partial charge in [0.15, 0.2) is 4.11 Å². The molecule has 1 nitrogen and oxygen atoms in total. The molecule has 0 heterocycles. The van der Waals surface area contributed by atoms with E-state index in [4.69, 9.17) is 4.74 Å². The zero-order chi connectivity index (χ0) is 10.5. The van der Waals surface area contributed by atoms with E-state index in [1.807, 2.05) is 48.5 Å². The molecule has 0 aliphatic carbocycles. The van der Waals surface area contributed by atoms with Gasteiger partial charge in [0.05, 0.1) is 0 Å². The molecule has 0 N–H and O–H groups in total. The number of rotatable bonds is 3. The average molecular weight is 310 g/mol. The third-order valence-electron chi connectivity index (χ3n) is 2.04. The topological polar surface area (TPSA) is 9.23 Å². The van der Waals surface area contributed by atoms with Crippen molar-refractivity contribution < 1.29 is 4.74 Å². The highest BCUT2D eigenvalue weighted by molar-refractivity contribution is 14.1. The Bertz CT molecular complexity index is 399. The molecule has 0 bridgehead atoms. The van der Waals surface area contributed by atoms with Crippen molar-refractivity contribution in [1.29, 1.82) is 0 Å². The lowest BCUT2D eigenvalue weighted by molar-refractivity contribution is 0.310. The fourth-order valence-electron chi connectivity index (χ4n) is 1.29. The standard InChI is InChI=1S/C13H11IO/c14-13(11-7-3-1-4-8-11)15-12-9-5-2-6-10-12/h1-10,13H. The Hall–Kier alpha value is -1.03. The van der Waals surface area contributed by atoms with Gasteiger partial charge in [-0.3, -0.25) is 0 Å². The summed E-state index contributed by atoms with van der Waals surface area (Å²) in [4.78, 5) is 0. The predicted octanol–water partition coefficient (Wildman–Crippen LogP) is 4.20. The normalized spacial score (nSPS) is 12.1. The van der Waals surface area contributed by atoms with Crippen LogP contribution in [0.3, 0.4) is 0 Å². The molecule has 2 rings (SSSR count). The van der Waals surface area contributed by atoms with Gasteiger partial charge in [-0.15, -0.1) is 0 Å². The van der Waals surface area contributed by atoms with E-state index < -0.39 is 0 Å². The second-order valence-electron chi connectivity index (χ2n) is 3.16. The predicted molar refractivity (Wildman–Crippen MR) is 70.3 cm³/mol. The molecule has 0 spiro atoms. The Morgan fingerprint density at radius 2 is 1.33 bits per heavy atom. The molecule has 0 amide bonds. The first kappa shape index (κ1) is 10.5. The van der Waals surface area contributed by atoms with Crippen LogP contribution in [0.5, 0.6) is 5.75 Å². The van der Waals surface area contributed by atoms with Gasteiger partial charge in [0.1, 0.15) is 5.75 Å². The summed E-state index contributed by atoms with van der Waals surface area (Å²) in [6.07, 6.45) is 0. The second kappa shape index (κ2) is 5.16. The number of alkyl halides is 1. The Kier molecular flexibility index (Phi) is 3.61. The molecule has 0 aromatic heterocycles. The molecule has 0 radical (unpaired) electrons. The van der Waals surface area contributed by atoms with Crippen molar-refractivity contribution in [1.82, 2.24) is 0 Å². The molecule has 0 saturated carbocycles. The van der Waals surface area contributed by atoms with E-state index in [2.05, 4.69) is 34.7 Å². The summed E-state index contributed by atoms with van der Waals surface area (Å²) in [6.45, 7) is 0. The molecule has 0 saturated heterocycles. The van der Waals surface area contributed by atoms with E-state index in [-0.39, 0.29) is 4.11 Å². The zero-order valence-electron chi connectivity index (χ0n) is 8.14. The van der Waals surface area contributed by atoms with Crippen molar-refractivity contribution in [2.24, 2.45) is 0 Å². The molecular weight excluding hydrogens is 299 g/mol. The summed E-state index contributed by atoms with van der Waals surface area (Å²) in [6, 6.07) is 20.1. The Labute approximate surface area is 103 Å². The highest BCUT2D eigenvalue weighted by Gasteiger charge is 2.07. The fourth-order valence-corrected chi connectivity index (χ4v) is 2.00. The molecule has 0 fully saturated rings. The van der Waals surface area contributed by atoms with E-state index in [0.29, 0.717) is 0 Å². The third-order valence-corrected chi connectivity index (χ3v) is 3.02. The van der Waals surface area contributed by atoms with E-state index in [1.54, 1.807) is 0 Å². The van der Waals surface area contributed by atoms with E-state index in [0.717, 1.165) is 5.75 Å². The first-order chi connectivity index (χ1) is 7.36. The van der Waals surface area contributed by atoms with Crippen LogP contribution < -0.4 is 4.74 Å². The van der Waals surface area contributed by atoms with E-state index in [9.17, 15) is 0 Å². The maximum atomic E-state index is 5.79. The minimum Gasteiger partial charge on any atom is -0.475 e. The van der Waals surface area contributed by atoms with Crippen molar-refractivity contribution in [3.05, 3.63) is 66.2 Å². The molecule has 1 atom stereocenters. The van der Waals surface area contributed by atoms with Gasteiger partial charge in [-0.2, -0.15) is 0 Å². The van der Waals surface area contributed by atoms with Gasteiger partial charge in [0, 0.05) is 5.56 Å². The molecule has 15 heavy (non-hydrogen) atoms. The monoisotopic (exact) mass is 310 g/mol. The van der Waals surface area contributed by atoms with Gasteiger partial charge in [0.25, 0.3) is 0 Å². The van der Waals surface area contributed by atoms with Crippen LogP contribution in [-0.4, -0.2) is 0 Å². The molecule has 0 aliphatic rings. The zero-order valence-corrected chi connectivity index (χ0v) is 10.3. The maximum absolute atomic E-state index is 5.79. The van der Waals surface area contributed by atoms with Gasteiger partial charge in [-0.05, 0) is 34.7 Å². The van der Waals surface area contributed by atoms with Crippen LogP contribution in [0.2, 0.25) is 0 Å². The lowest BCUT2D eigenvalue weighted by Gasteiger charge is -2.12. The molecular formula is C13H11IO. The van der Waals surface area contributed by atoms with Gasteiger partial charge in [-0.1, -0.05) is 48.5 Å². The van der Waals surface area contributed by atoms with Crippen molar-refractivity contribution >= 4 is 22.6 Å². The SMILES string of the molecule is IC(Oc1ccccc1)c1ccccc1. The largest absolute Gasteiger partial charge is 0.475 e. The van der Waals surface area contributed by atoms with Crippen molar-refractivity contribution in [2.45, 2.75) is 4.11 Å². The van der Waals surface area contributed by atoms with Crippen molar-refractivity contribution in [3.63, 3.8) is 0 Å². The smallest absolute Gasteiger partial charge is 0.174 e. The summed E-state index contributed by atoms with van der Waals surface area (Å²) >= 11 is 2.29. The molecule has 2 heteroatoms. The Balaban J connectivity index is 2.08. The summed E-state index contributed by atoms with van der Waals surface area (Å²) in [7, 11) is 0. The number of para-hydroxylation sites is 1. The first-order valence-electron chi connectivity index (χ1n) is 4.77. The van der Waals surface area contributed by atoms with Crippen LogP contribution in [0, 0.1) is 0 Å². The third kappa shape index (κ3) is 2.96. The summed E-state index contributed by atoms with van der Waals surface area (Å²) in [5.74, 6) is 0.903. The van der Waals surface area contributed by atoms with E-state index >= 15 is 0 Å². The van der Waals surface area contributed by atoms with Crippen LogP contribution in [0.4, 0.5) is 0 Å². The van der Waals surface area contributed by atoms with Gasteiger partial charge in [-0.25, -0.2) is 0 Å². The number of hydrogen-bond donors (Lipinski definition) is 0. The minimum atomic E-state index is 0.0613. The van der Waals surface area contributed by atoms with Crippen molar-refractivity contribution in [2.75, 3.05) is 0 Å². The molecule has 0 aliphatic heterocycles. The molecule has 2 aromatic carbocycles. The van der Waals surface area contributed by atoms with E-state index in [1.165, 1.54) is 5.56 Å². The summed E-state index contributed by atoms with van der Waals surface area (Å²) in [5, 5.41) is 0. The number of benzene rings is 2. The molecule has 2 aromatic rings. The Morgan fingerprint density at radius 1 is 0.800 bits per heavy atom. The van der Waals surface area contributed by atoms with Gasteiger partial charge >= 0.3 is 0 Å². The molecule has 76 valence electrons. The number of ether oxygens (including phenoxy) is 1. The maximum Gasteiger partial charge on any atom is 0.174 e. The molecule has 1 unspecified atom stereocenters. The van der Waals surface area contributed by atoms with Gasteiger partial charge < -0.3 is 4.74 Å². The highest BCUT2D eigenvalue weighted by atomic mass is 127. The van der Waals surface area contributed by atoms with Crippen LogP contribution >= 0.6 is 22.6 Å². The number of halogens is 1. The lowest BCUT2D eigenvalue weighted by Crippen LogP contribution is -1.98. The van der Waals surface area contributed by atoms with Crippen LogP contribution in [0.25, 0.3) is 0 Å². The number of hydrogen-bond acceptors (Lipinski definition) is 1. The minimum absolute atomic E-state index is 0.0613. The van der Waals surface area contributed by atoms with Crippen LogP contribution in [-0.2, 0) is 0 Å². The van der Waals surface area contributed by atoms with Crippen molar-refractivity contribution in [3.8, 4) is 5.75 Å². The van der Waals surface area contributed by atoms with Gasteiger partial charge in [0.2, 0.25) is 0 Å². The summed E-state index contributed by atoms with van der Waals surface area (Å²) in [5.41, 5.74) is 1.18. The quantitative estimate of drug-likeness (QED) is 0.610. The first-order valence-corrected chi connectivity index (χ1v) is 6.01. The van der Waals surface area contributed by atoms with Crippen LogP contribution in [0.15, 0.2) is 60.7 Å². The fraction of sp³-hybridized carbons (Fsp3) is 0.0769. The second-order valence-corrected chi connectivity index (χ2v) is 4.29. The Morgan fingerprint density at radius 3 is 1.93 bits per heavy atom. The van der Waals surface area contributed by atoms with Crippen LogP contribution in [0.1, 0.15) is 9.67 Å². The average Bonchev–Trinajstić information content (AvgIpc) is 2.31. The lowest BCUT2D eigenvalue weighted by atomic mass is 10.2. The summed E-state index contributed by atoms with van der Waals surface area (Å²) < 4.78 is 5.85.